The molecular weight excluding hydrogens is 1010 g/mol. The number of thioether (sulfide) groups is 1. The topological polar surface area (TPSA) is 217 Å². The SMILES string of the molecule is CC[C@H]1OC(=O)[C@H](C)[C@@H](O[C@H]2C[C@@](C)(OC)[C@@H](O)[C@H](C)O2)[C@H](C)[C@@H](O[C@@H]2O[C@H](C)C[C@H](N(C)CCC3=CN([C@H](CF)[C@H](OC)c4ccc(SC(F)(F)F)cc4)NN3)[C@H]2O)[C@](C)(O)C[C@@H](C)CN(C)[C@H](C)[C@@H](O)[C@]1(C)O. The Hall–Kier alpha value is -2.46. The van der Waals surface area contributed by atoms with E-state index < -0.39 is 132 Å². The molecule has 4 heterocycles. The fourth-order valence-electron chi connectivity index (χ4n) is 11.5. The molecule has 75 heavy (non-hydrogen) atoms. The van der Waals surface area contributed by atoms with Crippen molar-refractivity contribution in [2.75, 3.05) is 48.1 Å². The molecule has 1 aromatic carbocycles. The Kier molecular flexibility index (Phi) is 22.1. The second kappa shape index (κ2) is 26.2. The van der Waals surface area contributed by atoms with Gasteiger partial charge in [-0.25, -0.2) is 4.39 Å². The van der Waals surface area contributed by atoms with Crippen LogP contribution < -0.4 is 11.0 Å². The summed E-state index contributed by atoms with van der Waals surface area (Å²) >= 11 is -0.239. The van der Waals surface area contributed by atoms with Gasteiger partial charge in [-0.15, -0.1) is 5.53 Å². The molecule has 0 unspecified atom stereocenters. The molecule has 4 aliphatic heterocycles. The van der Waals surface area contributed by atoms with Crippen LogP contribution in [0.1, 0.15) is 113 Å². The lowest BCUT2D eigenvalue weighted by Gasteiger charge is -2.49. The number of aliphatic hydroxyl groups is 5. The van der Waals surface area contributed by atoms with Gasteiger partial charge in [-0.2, -0.15) is 13.2 Å². The van der Waals surface area contributed by atoms with Crippen molar-refractivity contribution >= 4 is 17.7 Å². The van der Waals surface area contributed by atoms with Gasteiger partial charge in [0, 0.05) is 74.9 Å². The van der Waals surface area contributed by atoms with Crippen LogP contribution in [0.15, 0.2) is 41.1 Å². The molecule has 18 nitrogen and oxygen atoms in total. The number of rotatable bonds is 16. The fraction of sp³-hybridized carbons (Fsp3) is 0.827. The highest BCUT2D eigenvalue weighted by Gasteiger charge is 2.53. The lowest BCUT2D eigenvalue weighted by atomic mass is 9.77. The number of hydrazine groups is 2. The first-order valence-corrected chi connectivity index (χ1v) is 26.9. The summed E-state index contributed by atoms with van der Waals surface area (Å²) < 4.78 is 97.5. The summed E-state index contributed by atoms with van der Waals surface area (Å²) in [7, 11) is 6.54. The van der Waals surface area contributed by atoms with Crippen LogP contribution in [0.25, 0.3) is 0 Å². The van der Waals surface area contributed by atoms with Crippen molar-refractivity contribution in [3.8, 4) is 0 Å². The van der Waals surface area contributed by atoms with Crippen LogP contribution in [0, 0.1) is 17.8 Å². The number of halogens is 4. The predicted molar refractivity (Wildman–Crippen MR) is 272 cm³/mol. The molecule has 5 rings (SSSR count). The van der Waals surface area contributed by atoms with Gasteiger partial charge in [0.15, 0.2) is 12.6 Å². The molecule has 0 saturated carbocycles. The molecule has 0 bridgehead atoms. The van der Waals surface area contributed by atoms with Crippen LogP contribution in [0.5, 0.6) is 0 Å². The molecule has 3 saturated heterocycles. The Labute approximate surface area is 445 Å². The molecule has 0 radical (unpaired) electrons. The standard InChI is InChI=1S/C52H87F4N5O13S/c1-15-39-51(10,67)44(63)32(6)60(12)26-28(2)23-49(8,66)46(30(4)42(31(5)47(65)72-39)73-40-24-50(9,69-14)45(64)33(7)71-40)74-48-41(62)37(22-29(3)70-48)59(11)21-20-35-27-61(58-57-35)38(25-53)43(68-13)34-16-18-36(19-17-34)75-52(54,55)56/h16-19,27-33,37-46,48,57-58,62-64,66-67H,15,20-26H2,1-14H3/t28-,29-,30+,31-,32-,33+,37+,38-,39-,40+,41-,42+,43-,44-,45+,46-,48+,49-,50-,51-/m1/s1. The van der Waals surface area contributed by atoms with Crippen molar-refractivity contribution in [2.45, 2.75) is 214 Å². The number of carbonyl (C=O) groups excluding carboxylic acids is 1. The molecule has 1 aromatic rings. The van der Waals surface area contributed by atoms with E-state index in [2.05, 4.69) is 11.0 Å². The Balaban J connectivity index is 1.42. The van der Waals surface area contributed by atoms with Crippen molar-refractivity contribution in [3.63, 3.8) is 0 Å². The van der Waals surface area contributed by atoms with Gasteiger partial charge < -0.3 is 73.9 Å². The lowest BCUT2D eigenvalue weighted by molar-refractivity contribution is -0.318. The summed E-state index contributed by atoms with van der Waals surface area (Å²) in [5.74, 6) is -2.98. The lowest BCUT2D eigenvalue weighted by Crippen LogP contribution is -2.61. The van der Waals surface area contributed by atoms with Gasteiger partial charge in [0.05, 0.1) is 41.5 Å². The number of likely N-dealkylation sites (N-methyl/N-ethyl adjacent to an activating group) is 2. The van der Waals surface area contributed by atoms with E-state index in [0.29, 0.717) is 37.2 Å². The predicted octanol–water partition coefficient (Wildman–Crippen LogP) is 5.16. The van der Waals surface area contributed by atoms with E-state index in [1.54, 1.807) is 54.7 Å². The van der Waals surface area contributed by atoms with E-state index in [1.165, 1.54) is 50.4 Å². The minimum atomic E-state index is -4.45. The highest BCUT2D eigenvalue weighted by molar-refractivity contribution is 8.00. The number of esters is 1. The Bertz CT molecular complexity index is 2000. The van der Waals surface area contributed by atoms with Gasteiger partial charge in [-0.05, 0) is 117 Å². The third-order valence-corrected chi connectivity index (χ3v) is 16.8. The van der Waals surface area contributed by atoms with E-state index in [-0.39, 0.29) is 41.8 Å². The monoisotopic (exact) mass is 1100 g/mol. The van der Waals surface area contributed by atoms with Gasteiger partial charge in [0.1, 0.15) is 48.8 Å². The summed E-state index contributed by atoms with van der Waals surface area (Å²) in [6.07, 6.45) is -8.57. The molecule has 0 spiro atoms. The minimum Gasteiger partial charge on any atom is -0.459 e. The molecule has 23 heteroatoms. The third-order valence-electron chi connectivity index (χ3n) is 16.0. The molecule has 0 aliphatic carbocycles. The van der Waals surface area contributed by atoms with Gasteiger partial charge >= 0.3 is 11.5 Å². The number of methoxy groups -OCH3 is 2. The number of hydrogen-bond donors (Lipinski definition) is 7. The number of ether oxygens (including phenoxy) is 7. The van der Waals surface area contributed by atoms with Crippen molar-refractivity contribution in [2.24, 2.45) is 17.8 Å². The fourth-order valence-corrected chi connectivity index (χ4v) is 12.0. The van der Waals surface area contributed by atoms with Crippen LogP contribution in [0.3, 0.4) is 0 Å². The second-order valence-corrected chi connectivity index (χ2v) is 23.4. The maximum atomic E-state index is 14.8. The molecule has 4 aliphatic rings. The number of nitrogens with zero attached hydrogens (tertiary/aromatic N) is 3. The minimum absolute atomic E-state index is 0.00593. The van der Waals surface area contributed by atoms with E-state index in [9.17, 15) is 47.9 Å². The molecule has 7 N–H and O–H groups in total. The molecule has 0 amide bonds. The van der Waals surface area contributed by atoms with Crippen LogP contribution in [0.2, 0.25) is 0 Å². The van der Waals surface area contributed by atoms with Crippen LogP contribution in [0.4, 0.5) is 17.6 Å². The maximum Gasteiger partial charge on any atom is 0.446 e. The van der Waals surface area contributed by atoms with Crippen molar-refractivity contribution < 1.29 is 81.0 Å². The largest absolute Gasteiger partial charge is 0.459 e. The number of aliphatic hydroxyl groups excluding tert-OH is 3. The van der Waals surface area contributed by atoms with Crippen molar-refractivity contribution in [1.29, 1.82) is 0 Å². The highest BCUT2D eigenvalue weighted by atomic mass is 32.2. The van der Waals surface area contributed by atoms with Gasteiger partial charge in [-0.1, -0.05) is 32.9 Å². The van der Waals surface area contributed by atoms with E-state index in [0.717, 1.165) is 0 Å². The zero-order valence-corrected chi connectivity index (χ0v) is 46.9. The Morgan fingerprint density at radius 3 is 2.21 bits per heavy atom. The second-order valence-electron chi connectivity index (χ2n) is 22.2. The smallest absolute Gasteiger partial charge is 0.446 e. The molecular formula is C52H87F4N5O13S. The van der Waals surface area contributed by atoms with Crippen LogP contribution in [-0.4, -0.2) is 196 Å². The first-order valence-electron chi connectivity index (χ1n) is 26.1. The van der Waals surface area contributed by atoms with Crippen LogP contribution >= 0.6 is 11.8 Å². The van der Waals surface area contributed by atoms with E-state index in [4.69, 9.17) is 33.2 Å². The summed E-state index contributed by atoms with van der Waals surface area (Å²) in [4.78, 5) is 18.3. The number of nitrogens with one attached hydrogen (secondary N) is 2. The molecule has 3 fully saturated rings. The number of hydrogen-bond acceptors (Lipinski definition) is 19. The average Bonchev–Trinajstić information content (AvgIpc) is 3.81. The van der Waals surface area contributed by atoms with Gasteiger partial charge in [0.2, 0.25) is 0 Å². The number of benzene rings is 1. The van der Waals surface area contributed by atoms with Crippen molar-refractivity contribution in [3.05, 3.63) is 41.7 Å². The normalized spacial score (nSPS) is 40.1. The summed E-state index contributed by atoms with van der Waals surface area (Å²) in [6.45, 7) is 17.1. The first kappa shape index (κ1) is 63.4. The van der Waals surface area contributed by atoms with Crippen LogP contribution in [-0.2, 0) is 38.0 Å². The number of carbonyl (C=O) groups is 1. The molecule has 20 atom stereocenters. The van der Waals surface area contributed by atoms with E-state index in [1.807, 2.05) is 37.7 Å². The number of cyclic esters (lactones) is 1. The third kappa shape index (κ3) is 15.5. The van der Waals surface area contributed by atoms with Gasteiger partial charge in [0.25, 0.3) is 0 Å². The maximum absolute atomic E-state index is 14.8. The molecule has 0 aromatic heterocycles. The zero-order valence-electron chi connectivity index (χ0n) is 46.1. The average molecular weight is 1100 g/mol. The quantitative estimate of drug-likeness (QED) is 0.0646. The number of alkyl halides is 4. The Morgan fingerprint density at radius 2 is 1.63 bits per heavy atom. The summed E-state index contributed by atoms with van der Waals surface area (Å²) in [5.41, 5.74) is -1.90. The van der Waals surface area contributed by atoms with Crippen molar-refractivity contribution in [1.82, 2.24) is 25.8 Å². The first-order chi connectivity index (χ1) is 34.9. The molecule has 432 valence electrons. The summed E-state index contributed by atoms with van der Waals surface area (Å²) in [6, 6.07) is 3.57. The zero-order chi connectivity index (χ0) is 56.1. The summed E-state index contributed by atoms with van der Waals surface area (Å²) in [5, 5.41) is 61.3. The van der Waals surface area contributed by atoms with Gasteiger partial charge in [-0.3, -0.25) is 9.80 Å². The Morgan fingerprint density at radius 1 is 0.973 bits per heavy atom. The highest BCUT2D eigenvalue weighted by Crippen LogP contribution is 2.41. The van der Waals surface area contributed by atoms with E-state index >= 15 is 0 Å².